The molecule has 0 saturated carbocycles. The van der Waals surface area contributed by atoms with Crippen molar-refractivity contribution in [3.8, 4) is 0 Å². The lowest BCUT2D eigenvalue weighted by atomic mass is 10.4. The summed E-state index contributed by atoms with van der Waals surface area (Å²) < 4.78 is 1.95. The summed E-state index contributed by atoms with van der Waals surface area (Å²) in [7, 11) is 0. The maximum atomic E-state index is 8.13. The van der Waals surface area contributed by atoms with Crippen LogP contribution in [0.25, 0.3) is 10.4 Å². The minimum Gasteiger partial charge on any atom is -0.335 e. The molecule has 0 aliphatic rings. The van der Waals surface area contributed by atoms with Crippen molar-refractivity contribution in [2.45, 2.75) is 19.5 Å². The molecule has 6 nitrogen and oxygen atoms in total. The second kappa shape index (κ2) is 5.18. The van der Waals surface area contributed by atoms with Gasteiger partial charge < -0.3 is 10.3 Å². The number of azide groups is 1. The molecule has 0 unspecified atom stereocenters. The van der Waals surface area contributed by atoms with Gasteiger partial charge in [-0.05, 0) is 18.5 Å². The average molecular weight is 180 g/mol. The summed E-state index contributed by atoms with van der Waals surface area (Å²) >= 11 is 0. The first-order valence-corrected chi connectivity index (χ1v) is 4.09. The number of nitrogens with zero attached hydrogens (tertiary/aromatic N) is 5. The highest BCUT2D eigenvalue weighted by molar-refractivity contribution is 4.91. The van der Waals surface area contributed by atoms with E-state index in [9.17, 15) is 0 Å². The molecule has 2 N–H and O–H groups in total. The van der Waals surface area contributed by atoms with Crippen molar-refractivity contribution in [2.24, 2.45) is 10.8 Å². The quantitative estimate of drug-likeness (QED) is 0.416. The summed E-state index contributed by atoms with van der Waals surface area (Å²) in [6.07, 6.45) is 4.45. The fourth-order valence-corrected chi connectivity index (χ4v) is 1.05. The van der Waals surface area contributed by atoms with Crippen molar-refractivity contribution < 1.29 is 0 Å². The number of hydrogen-bond acceptors (Lipinski definition) is 3. The van der Waals surface area contributed by atoms with E-state index in [-0.39, 0.29) is 0 Å². The van der Waals surface area contributed by atoms with Gasteiger partial charge >= 0.3 is 0 Å². The highest BCUT2D eigenvalue weighted by Crippen LogP contribution is 2.00. The zero-order chi connectivity index (χ0) is 9.52. The Hall–Kier alpha value is -1.52. The van der Waals surface area contributed by atoms with Crippen LogP contribution in [0.5, 0.6) is 0 Å². The van der Waals surface area contributed by atoms with E-state index in [1.165, 1.54) is 0 Å². The summed E-state index contributed by atoms with van der Waals surface area (Å²) in [5.74, 6) is 0.784. The van der Waals surface area contributed by atoms with Gasteiger partial charge in [-0.3, -0.25) is 0 Å². The van der Waals surface area contributed by atoms with Gasteiger partial charge in [0.15, 0.2) is 0 Å². The lowest BCUT2D eigenvalue weighted by molar-refractivity contribution is 0.617. The number of aromatic nitrogens is 2. The van der Waals surface area contributed by atoms with Gasteiger partial charge in [-0.1, -0.05) is 5.11 Å². The molecule has 0 aliphatic carbocycles. The molecule has 6 heteroatoms. The van der Waals surface area contributed by atoms with Crippen LogP contribution in [-0.4, -0.2) is 16.1 Å². The van der Waals surface area contributed by atoms with E-state index in [0.717, 1.165) is 18.8 Å². The molecule has 0 aromatic carbocycles. The Morgan fingerprint density at radius 3 is 3.23 bits per heavy atom. The van der Waals surface area contributed by atoms with Crippen LogP contribution in [0.15, 0.2) is 17.5 Å². The van der Waals surface area contributed by atoms with E-state index in [4.69, 9.17) is 11.3 Å². The normalized spacial score (nSPS) is 9.62. The van der Waals surface area contributed by atoms with E-state index < -0.39 is 0 Å². The third-order valence-corrected chi connectivity index (χ3v) is 1.68. The molecular formula is C7H12N6. The molecule has 0 amide bonds. The van der Waals surface area contributed by atoms with E-state index >= 15 is 0 Å². The van der Waals surface area contributed by atoms with Crippen LogP contribution in [-0.2, 0) is 13.1 Å². The Kier molecular flexibility index (Phi) is 3.81. The average Bonchev–Trinajstić information content (AvgIpc) is 2.59. The number of imidazole rings is 1. The first kappa shape index (κ1) is 9.57. The Labute approximate surface area is 76.0 Å². The molecule has 0 bridgehead atoms. The van der Waals surface area contributed by atoms with Gasteiger partial charge in [0.1, 0.15) is 5.82 Å². The molecule has 1 aromatic heterocycles. The molecule has 1 rings (SSSR count). The van der Waals surface area contributed by atoms with Crippen LogP contribution in [0, 0.1) is 0 Å². The maximum Gasteiger partial charge on any atom is 0.114 e. The zero-order valence-corrected chi connectivity index (χ0v) is 7.30. The molecule has 0 spiro atoms. The molecule has 1 aromatic rings. The van der Waals surface area contributed by atoms with E-state index in [2.05, 4.69) is 15.0 Å². The van der Waals surface area contributed by atoms with E-state index in [1.807, 2.05) is 10.8 Å². The van der Waals surface area contributed by atoms with E-state index in [0.29, 0.717) is 13.1 Å². The second-order valence-corrected chi connectivity index (χ2v) is 2.57. The Balaban J connectivity index is 2.59. The SMILES string of the molecule is [N-]=[N+]=NCc1nccn1CCCN. The van der Waals surface area contributed by atoms with Crippen molar-refractivity contribution in [1.29, 1.82) is 0 Å². The lowest BCUT2D eigenvalue weighted by Gasteiger charge is -2.03. The van der Waals surface area contributed by atoms with Gasteiger partial charge in [-0.2, -0.15) is 0 Å². The summed E-state index contributed by atoms with van der Waals surface area (Å²) in [6, 6.07) is 0. The topological polar surface area (TPSA) is 92.6 Å². The third-order valence-electron chi connectivity index (χ3n) is 1.68. The van der Waals surface area contributed by atoms with Crippen LogP contribution in [0.2, 0.25) is 0 Å². The summed E-state index contributed by atoms with van der Waals surface area (Å²) in [4.78, 5) is 6.74. The van der Waals surface area contributed by atoms with Gasteiger partial charge in [0.25, 0.3) is 0 Å². The first-order valence-electron chi connectivity index (χ1n) is 4.09. The number of aryl methyl sites for hydroxylation is 1. The molecule has 0 aliphatic heterocycles. The van der Waals surface area contributed by atoms with Crippen LogP contribution in [0.3, 0.4) is 0 Å². The largest absolute Gasteiger partial charge is 0.335 e. The van der Waals surface area contributed by atoms with Crippen molar-refractivity contribution >= 4 is 0 Å². The van der Waals surface area contributed by atoms with Gasteiger partial charge in [-0.25, -0.2) is 4.98 Å². The zero-order valence-electron chi connectivity index (χ0n) is 7.30. The fourth-order valence-electron chi connectivity index (χ4n) is 1.05. The van der Waals surface area contributed by atoms with Crippen LogP contribution < -0.4 is 5.73 Å². The molecule has 0 atom stereocenters. The number of rotatable bonds is 5. The summed E-state index contributed by atoms with van der Waals surface area (Å²) in [6.45, 7) is 1.78. The summed E-state index contributed by atoms with van der Waals surface area (Å²) in [5.41, 5.74) is 13.5. The maximum absolute atomic E-state index is 8.13. The predicted molar refractivity (Wildman–Crippen MR) is 48.7 cm³/mol. The minimum atomic E-state index is 0.300. The first-order chi connectivity index (χ1) is 6.38. The molecule has 70 valence electrons. The smallest absolute Gasteiger partial charge is 0.114 e. The fraction of sp³-hybridized carbons (Fsp3) is 0.571. The Bertz CT molecular complexity index is 298. The van der Waals surface area contributed by atoms with Crippen LogP contribution in [0.1, 0.15) is 12.2 Å². The van der Waals surface area contributed by atoms with E-state index in [1.54, 1.807) is 6.20 Å². The van der Waals surface area contributed by atoms with Gasteiger partial charge in [-0.15, -0.1) is 0 Å². The highest BCUT2D eigenvalue weighted by Gasteiger charge is 1.99. The summed E-state index contributed by atoms with van der Waals surface area (Å²) in [5, 5.41) is 3.45. The number of hydrogen-bond donors (Lipinski definition) is 1. The molecule has 0 fully saturated rings. The molecule has 13 heavy (non-hydrogen) atoms. The van der Waals surface area contributed by atoms with Crippen molar-refractivity contribution in [3.63, 3.8) is 0 Å². The third kappa shape index (κ3) is 2.77. The second-order valence-electron chi connectivity index (χ2n) is 2.57. The monoisotopic (exact) mass is 180 g/mol. The molecule has 1 heterocycles. The predicted octanol–water partition coefficient (Wildman–Crippen LogP) is 1.04. The van der Waals surface area contributed by atoms with Gasteiger partial charge in [0, 0.05) is 23.9 Å². The van der Waals surface area contributed by atoms with Gasteiger partial charge in [0.2, 0.25) is 0 Å². The van der Waals surface area contributed by atoms with Crippen molar-refractivity contribution in [1.82, 2.24) is 9.55 Å². The molecule has 0 radical (unpaired) electrons. The highest BCUT2D eigenvalue weighted by atomic mass is 15.2. The van der Waals surface area contributed by atoms with Gasteiger partial charge in [0.05, 0.1) is 6.54 Å². The van der Waals surface area contributed by atoms with Crippen LogP contribution in [0.4, 0.5) is 0 Å². The Morgan fingerprint density at radius 2 is 2.54 bits per heavy atom. The van der Waals surface area contributed by atoms with Crippen LogP contribution >= 0.6 is 0 Å². The van der Waals surface area contributed by atoms with Crippen molar-refractivity contribution in [2.75, 3.05) is 6.54 Å². The number of nitrogens with two attached hydrogens (primary N) is 1. The Morgan fingerprint density at radius 1 is 1.69 bits per heavy atom. The molecular weight excluding hydrogens is 168 g/mol. The van der Waals surface area contributed by atoms with Crippen molar-refractivity contribution in [3.05, 3.63) is 28.7 Å². The minimum absolute atomic E-state index is 0.300. The standard InChI is InChI=1S/C7H12N6/c8-2-1-4-13-5-3-10-7(13)6-11-12-9/h3,5H,1-2,4,6,8H2. The molecule has 0 saturated heterocycles. The lowest BCUT2D eigenvalue weighted by Crippen LogP contribution is -2.07.